The molecule has 17 heavy (non-hydrogen) atoms. The van der Waals surface area contributed by atoms with Crippen molar-refractivity contribution in [1.29, 1.82) is 0 Å². The number of nitrogens with one attached hydrogen (secondary N) is 1. The van der Waals surface area contributed by atoms with Crippen molar-refractivity contribution in [3.8, 4) is 0 Å². The molecule has 5 nitrogen and oxygen atoms in total. The molecule has 1 fully saturated rings. The van der Waals surface area contributed by atoms with Crippen molar-refractivity contribution in [2.45, 2.75) is 32.0 Å². The largest absolute Gasteiger partial charge is 0.376 e. The maximum absolute atomic E-state index is 5.64. The monoisotopic (exact) mass is 237 g/mol. The molecular formula is C12H19N3O2. The molecular weight excluding hydrogens is 218 g/mol. The Morgan fingerprint density at radius 2 is 2.47 bits per heavy atom. The molecule has 3 N–H and O–H groups in total. The average Bonchev–Trinajstić information content (AvgIpc) is 2.40. The first-order valence-electron chi connectivity index (χ1n) is 6.00. The summed E-state index contributed by atoms with van der Waals surface area (Å²) in [6.07, 6.45) is 5.43. The fraction of sp³-hybridized carbons (Fsp3) is 0.583. The van der Waals surface area contributed by atoms with E-state index >= 15 is 0 Å². The van der Waals surface area contributed by atoms with Crippen LogP contribution in [0.1, 0.15) is 24.8 Å². The summed E-state index contributed by atoms with van der Waals surface area (Å²) in [7, 11) is 0. The molecule has 1 aromatic rings. The second kappa shape index (κ2) is 6.54. The highest BCUT2D eigenvalue weighted by Crippen LogP contribution is 2.15. The third-order valence-corrected chi connectivity index (χ3v) is 2.86. The lowest BCUT2D eigenvalue weighted by Crippen LogP contribution is -2.24. The number of hydrogen-bond donors (Lipinski definition) is 2. The molecule has 2 rings (SSSR count). The van der Waals surface area contributed by atoms with Gasteiger partial charge in [0.25, 0.3) is 0 Å². The minimum atomic E-state index is 0.245. The Labute approximate surface area is 101 Å². The number of anilines is 1. The second-order valence-corrected chi connectivity index (χ2v) is 4.16. The van der Waals surface area contributed by atoms with Crippen molar-refractivity contribution in [3.63, 3.8) is 0 Å². The Hall–Kier alpha value is -1.17. The van der Waals surface area contributed by atoms with E-state index in [0.717, 1.165) is 18.6 Å². The zero-order valence-electron chi connectivity index (χ0n) is 9.89. The van der Waals surface area contributed by atoms with Gasteiger partial charge in [0.1, 0.15) is 5.82 Å². The summed E-state index contributed by atoms with van der Waals surface area (Å²) in [4.78, 5) is 4.12. The molecule has 0 spiro atoms. The summed E-state index contributed by atoms with van der Waals surface area (Å²) in [5.41, 5.74) is 3.53. The summed E-state index contributed by atoms with van der Waals surface area (Å²) in [5, 5.41) is 0. The average molecular weight is 237 g/mol. The molecule has 1 aromatic heterocycles. The molecule has 0 radical (unpaired) electrons. The van der Waals surface area contributed by atoms with Gasteiger partial charge in [-0.2, -0.15) is 0 Å². The van der Waals surface area contributed by atoms with E-state index in [-0.39, 0.29) is 6.10 Å². The molecule has 0 bridgehead atoms. The summed E-state index contributed by atoms with van der Waals surface area (Å²) in [5.74, 6) is 6.04. The van der Waals surface area contributed by atoms with Crippen LogP contribution >= 0.6 is 0 Å². The van der Waals surface area contributed by atoms with Crippen molar-refractivity contribution in [2.24, 2.45) is 5.84 Å². The first-order valence-corrected chi connectivity index (χ1v) is 6.00. The standard InChI is InChI=1S/C12H19N3O2/c13-15-12-10(4-3-6-14-12)8-16-9-11-5-1-2-7-17-11/h3-4,6,11H,1-2,5,7-9,13H2,(H,14,15). The molecule has 1 saturated heterocycles. The zero-order chi connectivity index (χ0) is 11.9. The van der Waals surface area contributed by atoms with E-state index in [1.54, 1.807) is 6.20 Å². The summed E-state index contributed by atoms with van der Waals surface area (Å²) >= 11 is 0. The van der Waals surface area contributed by atoms with E-state index in [1.807, 2.05) is 12.1 Å². The fourth-order valence-corrected chi connectivity index (χ4v) is 1.92. The Morgan fingerprint density at radius 1 is 1.53 bits per heavy atom. The van der Waals surface area contributed by atoms with E-state index in [4.69, 9.17) is 15.3 Å². The highest BCUT2D eigenvalue weighted by molar-refractivity contribution is 5.41. The van der Waals surface area contributed by atoms with Crippen LogP contribution in [0.2, 0.25) is 0 Å². The number of pyridine rings is 1. The lowest BCUT2D eigenvalue weighted by molar-refractivity contribution is -0.0447. The van der Waals surface area contributed by atoms with Crippen molar-refractivity contribution in [1.82, 2.24) is 4.98 Å². The topological polar surface area (TPSA) is 69.4 Å². The van der Waals surface area contributed by atoms with Crippen LogP contribution in [-0.4, -0.2) is 24.3 Å². The quantitative estimate of drug-likeness (QED) is 0.599. The van der Waals surface area contributed by atoms with Gasteiger partial charge in [0.15, 0.2) is 0 Å². The number of hydrazine groups is 1. The Balaban J connectivity index is 1.77. The normalized spacial score (nSPS) is 20.2. The number of nitrogens with two attached hydrogens (primary N) is 1. The second-order valence-electron chi connectivity index (χ2n) is 4.16. The number of ether oxygens (including phenoxy) is 2. The molecule has 1 unspecified atom stereocenters. The predicted octanol–water partition coefficient (Wildman–Crippen LogP) is 1.45. The van der Waals surface area contributed by atoms with Gasteiger partial charge in [-0.1, -0.05) is 6.07 Å². The van der Waals surface area contributed by atoms with Crippen LogP contribution in [0.25, 0.3) is 0 Å². The summed E-state index contributed by atoms with van der Waals surface area (Å²) in [6, 6.07) is 3.82. The number of rotatable bonds is 5. The van der Waals surface area contributed by atoms with Crippen LogP contribution < -0.4 is 11.3 Å². The van der Waals surface area contributed by atoms with Gasteiger partial charge in [0.05, 0.1) is 19.3 Å². The Bertz CT molecular complexity index is 340. The van der Waals surface area contributed by atoms with Gasteiger partial charge in [0.2, 0.25) is 0 Å². The van der Waals surface area contributed by atoms with Gasteiger partial charge < -0.3 is 14.9 Å². The number of nitrogens with zero attached hydrogens (tertiary/aromatic N) is 1. The zero-order valence-corrected chi connectivity index (χ0v) is 9.89. The number of hydrogen-bond acceptors (Lipinski definition) is 5. The van der Waals surface area contributed by atoms with Crippen molar-refractivity contribution in [2.75, 3.05) is 18.6 Å². The molecule has 0 amide bonds. The van der Waals surface area contributed by atoms with E-state index in [0.29, 0.717) is 19.0 Å². The van der Waals surface area contributed by atoms with Crippen molar-refractivity contribution in [3.05, 3.63) is 23.9 Å². The molecule has 2 heterocycles. The maximum Gasteiger partial charge on any atom is 0.145 e. The van der Waals surface area contributed by atoms with Crippen LogP contribution in [0.15, 0.2) is 18.3 Å². The molecule has 1 atom stereocenters. The van der Waals surface area contributed by atoms with Gasteiger partial charge in [-0.25, -0.2) is 10.8 Å². The van der Waals surface area contributed by atoms with E-state index in [9.17, 15) is 0 Å². The summed E-state index contributed by atoms with van der Waals surface area (Å²) in [6.45, 7) is 2.00. The third-order valence-electron chi connectivity index (χ3n) is 2.86. The number of nitrogen functional groups attached to an aromatic ring is 1. The molecule has 0 aromatic carbocycles. The fourth-order valence-electron chi connectivity index (χ4n) is 1.92. The van der Waals surface area contributed by atoms with Gasteiger partial charge >= 0.3 is 0 Å². The molecule has 94 valence electrons. The van der Waals surface area contributed by atoms with Crippen molar-refractivity contribution < 1.29 is 9.47 Å². The lowest BCUT2D eigenvalue weighted by atomic mass is 10.1. The minimum absolute atomic E-state index is 0.245. The van der Waals surface area contributed by atoms with Crippen LogP contribution in [-0.2, 0) is 16.1 Å². The van der Waals surface area contributed by atoms with Gasteiger partial charge in [0, 0.05) is 18.4 Å². The smallest absolute Gasteiger partial charge is 0.145 e. The molecule has 5 heteroatoms. The molecule has 0 saturated carbocycles. The SMILES string of the molecule is NNc1ncccc1COCC1CCCCO1. The van der Waals surface area contributed by atoms with E-state index < -0.39 is 0 Å². The maximum atomic E-state index is 5.64. The van der Waals surface area contributed by atoms with Crippen LogP contribution in [0.5, 0.6) is 0 Å². The van der Waals surface area contributed by atoms with Crippen LogP contribution in [0.3, 0.4) is 0 Å². The first-order chi connectivity index (χ1) is 8.40. The Kier molecular flexibility index (Phi) is 4.73. The highest BCUT2D eigenvalue weighted by atomic mass is 16.5. The molecule has 1 aliphatic heterocycles. The van der Waals surface area contributed by atoms with Crippen LogP contribution in [0.4, 0.5) is 5.82 Å². The van der Waals surface area contributed by atoms with Gasteiger partial charge in [-0.15, -0.1) is 0 Å². The van der Waals surface area contributed by atoms with E-state index in [2.05, 4.69) is 10.4 Å². The first kappa shape index (κ1) is 12.3. The van der Waals surface area contributed by atoms with Crippen molar-refractivity contribution >= 4 is 5.82 Å². The lowest BCUT2D eigenvalue weighted by Gasteiger charge is -2.22. The predicted molar refractivity (Wildman–Crippen MR) is 65.3 cm³/mol. The van der Waals surface area contributed by atoms with E-state index in [1.165, 1.54) is 12.8 Å². The van der Waals surface area contributed by atoms with Gasteiger partial charge in [-0.3, -0.25) is 0 Å². The third kappa shape index (κ3) is 3.66. The number of aromatic nitrogens is 1. The molecule has 0 aliphatic carbocycles. The Morgan fingerprint density at radius 3 is 3.24 bits per heavy atom. The van der Waals surface area contributed by atoms with Crippen LogP contribution in [0, 0.1) is 0 Å². The molecule has 1 aliphatic rings. The highest BCUT2D eigenvalue weighted by Gasteiger charge is 2.14. The summed E-state index contributed by atoms with van der Waals surface area (Å²) < 4.78 is 11.2. The minimum Gasteiger partial charge on any atom is -0.376 e. The van der Waals surface area contributed by atoms with Gasteiger partial charge in [-0.05, 0) is 25.3 Å².